The monoisotopic (exact) mass is 319 g/mol. The van der Waals surface area contributed by atoms with E-state index in [9.17, 15) is 5.26 Å². The average molecular weight is 320 g/mol. The van der Waals surface area contributed by atoms with Crippen molar-refractivity contribution in [3.8, 4) is 6.07 Å². The van der Waals surface area contributed by atoms with Crippen LogP contribution in [-0.2, 0) is 6.42 Å². The van der Waals surface area contributed by atoms with Gasteiger partial charge in [0.15, 0.2) is 0 Å². The first-order valence-corrected chi connectivity index (χ1v) is 7.44. The second-order valence-corrected chi connectivity index (χ2v) is 5.64. The molecule has 0 aliphatic carbocycles. The van der Waals surface area contributed by atoms with Gasteiger partial charge in [0, 0.05) is 22.7 Å². The van der Waals surface area contributed by atoms with Crippen LogP contribution in [0, 0.1) is 11.3 Å². The summed E-state index contributed by atoms with van der Waals surface area (Å²) in [6.07, 6.45) is 7.44. The highest BCUT2D eigenvalue weighted by Crippen LogP contribution is 2.25. The van der Waals surface area contributed by atoms with Gasteiger partial charge in [-0.15, -0.1) is 0 Å². The summed E-state index contributed by atoms with van der Waals surface area (Å²) in [5, 5.41) is 10.6. The maximum absolute atomic E-state index is 9.28. The second-order valence-electron chi connectivity index (χ2n) is 4.80. The minimum absolute atomic E-state index is 0.502. The molecule has 0 aromatic heterocycles. The van der Waals surface area contributed by atoms with Crippen LogP contribution in [0.3, 0.4) is 0 Å². The third kappa shape index (κ3) is 3.93. The van der Waals surface area contributed by atoms with Gasteiger partial charge in [-0.2, -0.15) is 5.26 Å². The minimum Gasteiger partial charge on any atom is -0.247 e. The van der Waals surface area contributed by atoms with Crippen LogP contribution in [0.4, 0.5) is 0 Å². The number of halogens is 2. The number of aryl methyl sites for hydroxylation is 1. The Hall–Kier alpha value is -1.63. The summed E-state index contributed by atoms with van der Waals surface area (Å²) in [6, 6.07) is 7.64. The van der Waals surface area contributed by atoms with Gasteiger partial charge in [0.05, 0.1) is 5.71 Å². The van der Waals surface area contributed by atoms with Crippen molar-refractivity contribution < 1.29 is 0 Å². The Bertz CT molecular complexity index is 656. The normalized spacial score (nSPS) is 20.8. The third-order valence-electron chi connectivity index (χ3n) is 3.24. The van der Waals surface area contributed by atoms with Crippen molar-refractivity contribution in [3.05, 3.63) is 46.0 Å². The Balaban J connectivity index is 2.05. The zero-order valence-corrected chi connectivity index (χ0v) is 13.2. The van der Waals surface area contributed by atoms with Crippen molar-refractivity contribution in [3.63, 3.8) is 0 Å². The summed E-state index contributed by atoms with van der Waals surface area (Å²) in [7, 11) is 0. The fourth-order valence-corrected chi connectivity index (χ4v) is 2.57. The molecule has 1 aromatic rings. The fourth-order valence-electron chi connectivity index (χ4n) is 2.06. The molecule has 1 unspecified atom stereocenters. The molecular weight excluding hydrogens is 305 g/mol. The van der Waals surface area contributed by atoms with E-state index in [1.165, 1.54) is 0 Å². The molecule has 0 radical (unpaired) electrons. The van der Waals surface area contributed by atoms with Crippen molar-refractivity contribution >= 4 is 35.1 Å². The summed E-state index contributed by atoms with van der Waals surface area (Å²) in [6.45, 7) is 1.91. The molecule has 108 valence electrons. The van der Waals surface area contributed by atoms with Gasteiger partial charge in [0.2, 0.25) is 5.66 Å². The van der Waals surface area contributed by atoms with Crippen molar-refractivity contribution in [2.24, 2.45) is 9.98 Å². The molecular formula is C16H15Cl2N3. The summed E-state index contributed by atoms with van der Waals surface area (Å²) < 4.78 is 0. The van der Waals surface area contributed by atoms with Gasteiger partial charge in [0.25, 0.3) is 0 Å². The highest BCUT2D eigenvalue weighted by molar-refractivity contribution is 6.35. The Morgan fingerprint density at radius 3 is 2.81 bits per heavy atom. The fraction of sp³-hybridized carbons (Fsp3) is 0.312. The zero-order valence-electron chi connectivity index (χ0n) is 11.7. The van der Waals surface area contributed by atoms with Crippen LogP contribution in [0.25, 0.3) is 0 Å². The highest BCUT2D eigenvalue weighted by atomic mass is 35.5. The average Bonchev–Trinajstić information content (AvgIpc) is 2.88. The molecule has 0 saturated carbocycles. The predicted molar refractivity (Wildman–Crippen MR) is 88.5 cm³/mol. The highest BCUT2D eigenvalue weighted by Gasteiger charge is 2.30. The van der Waals surface area contributed by atoms with Gasteiger partial charge < -0.3 is 0 Å². The predicted octanol–water partition coefficient (Wildman–Crippen LogP) is 4.64. The van der Waals surface area contributed by atoms with Crippen molar-refractivity contribution in [2.75, 3.05) is 0 Å². The molecule has 1 heterocycles. The molecule has 1 atom stereocenters. The number of hydrogen-bond donors (Lipinski definition) is 0. The molecule has 1 aromatic carbocycles. The Morgan fingerprint density at radius 2 is 2.14 bits per heavy atom. The molecule has 0 spiro atoms. The topological polar surface area (TPSA) is 48.5 Å². The largest absolute Gasteiger partial charge is 0.247 e. The van der Waals surface area contributed by atoms with Crippen LogP contribution >= 0.6 is 23.2 Å². The molecule has 0 amide bonds. The van der Waals surface area contributed by atoms with E-state index in [1.807, 2.05) is 31.2 Å². The van der Waals surface area contributed by atoms with Crippen LogP contribution in [0.1, 0.15) is 25.3 Å². The van der Waals surface area contributed by atoms with Gasteiger partial charge in [0.1, 0.15) is 6.07 Å². The first-order chi connectivity index (χ1) is 10.1. The Kier molecular flexibility index (Phi) is 5.17. The van der Waals surface area contributed by atoms with Crippen LogP contribution in [-0.4, -0.2) is 17.6 Å². The standard InChI is InChI=1S/C16H15Cl2N3/c1-2-3-8-16(11-19)20-10-14(21-16)7-5-12-4-6-13(17)9-15(12)18/h2-4,6,9-10H,5,7-8H2,1H3. The number of nitrogens with zero attached hydrogens (tertiary/aromatic N) is 3. The maximum Gasteiger partial charge on any atom is 0.240 e. The van der Waals surface area contributed by atoms with Gasteiger partial charge in [-0.3, -0.25) is 0 Å². The molecule has 0 saturated heterocycles. The van der Waals surface area contributed by atoms with Crippen LogP contribution < -0.4 is 0 Å². The van der Waals surface area contributed by atoms with Gasteiger partial charge in [-0.1, -0.05) is 41.4 Å². The van der Waals surface area contributed by atoms with Gasteiger partial charge >= 0.3 is 0 Å². The molecule has 5 heteroatoms. The molecule has 0 N–H and O–H groups in total. The van der Waals surface area contributed by atoms with Crippen molar-refractivity contribution in [1.29, 1.82) is 5.26 Å². The number of benzene rings is 1. The van der Waals surface area contributed by atoms with E-state index >= 15 is 0 Å². The van der Waals surface area contributed by atoms with E-state index < -0.39 is 5.66 Å². The van der Waals surface area contributed by atoms with E-state index in [1.54, 1.807) is 12.3 Å². The lowest BCUT2D eigenvalue weighted by atomic mass is 10.1. The summed E-state index contributed by atoms with van der Waals surface area (Å²) in [4.78, 5) is 8.71. The van der Waals surface area contributed by atoms with E-state index in [4.69, 9.17) is 23.2 Å². The number of hydrogen-bond acceptors (Lipinski definition) is 3. The number of allylic oxidation sites excluding steroid dienone is 1. The van der Waals surface area contributed by atoms with Crippen LogP contribution in [0.2, 0.25) is 10.0 Å². The first-order valence-electron chi connectivity index (χ1n) is 6.69. The SMILES string of the molecule is CC=CCC1(C#N)N=CC(CCc2ccc(Cl)cc2Cl)=N1. The zero-order chi connectivity index (χ0) is 15.3. The summed E-state index contributed by atoms with van der Waals surface area (Å²) in [5.41, 5.74) is 0.859. The summed E-state index contributed by atoms with van der Waals surface area (Å²) in [5.74, 6) is 0. The second kappa shape index (κ2) is 6.89. The third-order valence-corrected chi connectivity index (χ3v) is 3.83. The van der Waals surface area contributed by atoms with Crippen molar-refractivity contribution in [2.45, 2.75) is 31.8 Å². The van der Waals surface area contributed by atoms with E-state index in [-0.39, 0.29) is 0 Å². The van der Waals surface area contributed by atoms with Gasteiger partial charge in [-0.25, -0.2) is 9.98 Å². The smallest absolute Gasteiger partial charge is 0.240 e. The molecule has 0 fully saturated rings. The number of nitriles is 1. The Labute approximate surface area is 134 Å². The maximum atomic E-state index is 9.28. The van der Waals surface area contributed by atoms with E-state index in [0.717, 1.165) is 17.7 Å². The molecule has 2 rings (SSSR count). The van der Waals surface area contributed by atoms with Crippen LogP contribution in [0.5, 0.6) is 0 Å². The Morgan fingerprint density at radius 1 is 1.33 bits per heavy atom. The van der Waals surface area contributed by atoms with Gasteiger partial charge in [-0.05, 0) is 37.5 Å². The number of rotatable bonds is 5. The van der Waals surface area contributed by atoms with Crippen LogP contribution in [0.15, 0.2) is 40.3 Å². The van der Waals surface area contributed by atoms with Crippen molar-refractivity contribution in [1.82, 2.24) is 0 Å². The lowest BCUT2D eigenvalue weighted by Crippen LogP contribution is -2.17. The quantitative estimate of drug-likeness (QED) is 0.729. The summed E-state index contributed by atoms with van der Waals surface area (Å²) >= 11 is 12.0. The molecule has 1 aliphatic heterocycles. The minimum atomic E-state index is -0.981. The molecule has 0 bridgehead atoms. The molecule has 21 heavy (non-hydrogen) atoms. The molecule has 1 aliphatic rings. The van der Waals surface area contributed by atoms with E-state index in [0.29, 0.717) is 22.9 Å². The molecule has 3 nitrogen and oxygen atoms in total. The lowest BCUT2D eigenvalue weighted by Gasteiger charge is -2.10. The van der Waals surface area contributed by atoms with E-state index in [2.05, 4.69) is 16.1 Å². The number of aliphatic imine (C=N–C) groups is 2. The lowest BCUT2D eigenvalue weighted by molar-refractivity contribution is 0.595. The first kappa shape index (κ1) is 15.8.